The van der Waals surface area contributed by atoms with Gasteiger partial charge in [0.2, 0.25) is 0 Å². The third-order valence-electron chi connectivity index (χ3n) is 3.87. The fourth-order valence-corrected chi connectivity index (χ4v) is 2.69. The van der Waals surface area contributed by atoms with E-state index in [4.69, 9.17) is 5.26 Å². The van der Waals surface area contributed by atoms with Crippen LogP contribution in [-0.2, 0) is 6.42 Å². The van der Waals surface area contributed by atoms with E-state index in [0.29, 0.717) is 30.2 Å². The molecule has 114 valence electrons. The van der Waals surface area contributed by atoms with Crippen molar-refractivity contribution in [2.24, 2.45) is 0 Å². The summed E-state index contributed by atoms with van der Waals surface area (Å²) in [6.07, 6.45) is 4.55. The fraction of sp³-hybridized carbons (Fsp3) is 0.467. The summed E-state index contributed by atoms with van der Waals surface area (Å²) in [7, 11) is 0. The Morgan fingerprint density at radius 3 is 2.91 bits per heavy atom. The van der Waals surface area contributed by atoms with Gasteiger partial charge >= 0.3 is 0 Å². The number of nitriles is 1. The van der Waals surface area contributed by atoms with Crippen LogP contribution in [0.3, 0.4) is 0 Å². The van der Waals surface area contributed by atoms with Gasteiger partial charge < -0.3 is 10.4 Å². The van der Waals surface area contributed by atoms with Crippen molar-refractivity contribution < 1.29 is 5.11 Å². The molecular weight excluding hydrogens is 280 g/mol. The van der Waals surface area contributed by atoms with Gasteiger partial charge in [-0.15, -0.1) is 0 Å². The minimum atomic E-state index is -0.431. The quantitative estimate of drug-likeness (QED) is 0.880. The van der Waals surface area contributed by atoms with E-state index < -0.39 is 6.10 Å². The lowest BCUT2D eigenvalue weighted by atomic mass is 9.83. The molecule has 22 heavy (non-hydrogen) atoms. The van der Waals surface area contributed by atoms with Gasteiger partial charge in [0, 0.05) is 18.7 Å². The van der Waals surface area contributed by atoms with E-state index in [2.05, 4.69) is 20.4 Å². The second-order valence-electron chi connectivity index (χ2n) is 5.56. The van der Waals surface area contributed by atoms with E-state index in [0.717, 1.165) is 5.56 Å². The summed E-state index contributed by atoms with van der Waals surface area (Å²) in [4.78, 5) is 8.53. The van der Waals surface area contributed by atoms with Crippen molar-refractivity contribution >= 4 is 5.82 Å². The number of aryl methyl sites for hydroxylation is 2. The van der Waals surface area contributed by atoms with E-state index in [-0.39, 0.29) is 12.1 Å². The highest BCUT2D eigenvalue weighted by molar-refractivity contribution is 5.42. The number of aliphatic hydroxyl groups excluding tert-OH is 1. The molecule has 1 saturated carbocycles. The molecule has 1 fully saturated rings. The van der Waals surface area contributed by atoms with Gasteiger partial charge in [-0.05, 0) is 18.9 Å². The van der Waals surface area contributed by atoms with E-state index in [1.807, 2.05) is 26.1 Å². The molecule has 7 heteroatoms. The highest BCUT2D eigenvalue weighted by atomic mass is 16.3. The van der Waals surface area contributed by atoms with Crippen molar-refractivity contribution in [3.8, 4) is 6.07 Å². The number of nitrogens with one attached hydrogen (secondary N) is 1. The monoisotopic (exact) mass is 298 g/mol. The third-order valence-corrected chi connectivity index (χ3v) is 3.87. The van der Waals surface area contributed by atoms with Crippen LogP contribution in [0.25, 0.3) is 0 Å². The predicted molar refractivity (Wildman–Crippen MR) is 80.2 cm³/mol. The number of rotatable bonds is 4. The smallest absolute Gasteiger partial charge is 0.146 e. The zero-order valence-electron chi connectivity index (χ0n) is 12.6. The van der Waals surface area contributed by atoms with Gasteiger partial charge in [-0.1, -0.05) is 6.92 Å². The summed E-state index contributed by atoms with van der Waals surface area (Å²) in [6.45, 7) is 3.91. The number of aliphatic hydroxyl groups is 1. The topological polar surface area (TPSA) is 99.7 Å². The maximum Gasteiger partial charge on any atom is 0.146 e. The standard InChI is InChI=1S/C15H18N6O/c1-3-13-18-10(6-16)4-14(20-13)19-11-5-12(22)15(11)21-8-9(2)7-17-21/h4,7-8,11-12,15,22H,3,5H2,1-2H3,(H,18,19,20)/t11-,12+,15+/m1/s1. The zero-order valence-corrected chi connectivity index (χ0v) is 12.6. The van der Waals surface area contributed by atoms with Gasteiger partial charge in [0.05, 0.1) is 24.4 Å². The summed E-state index contributed by atoms with van der Waals surface area (Å²) >= 11 is 0. The second kappa shape index (κ2) is 5.73. The molecule has 0 saturated heterocycles. The Morgan fingerprint density at radius 1 is 1.50 bits per heavy atom. The van der Waals surface area contributed by atoms with Gasteiger partial charge in [0.25, 0.3) is 0 Å². The lowest BCUT2D eigenvalue weighted by Crippen LogP contribution is -2.51. The molecule has 1 aliphatic carbocycles. The molecule has 0 unspecified atom stereocenters. The molecule has 3 rings (SSSR count). The molecule has 2 aromatic rings. The highest BCUT2D eigenvalue weighted by Crippen LogP contribution is 2.34. The van der Waals surface area contributed by atoms with Crippen LogP contribution in [0.15, 0.2) is 18.5 Å². The third kappa shape index (κ3) is 2.65. The van der Waals surface area contributed by atoms with Crippen LogP contribution in [0.5, 0.6) is 0 Å². The Morgan fingerprint density at radius 2 is 2.32 bits per heavy atom. The molecule has 0 aliphatic heterocycles. The SMILES string of the molecule is CCc1nc(C#N)cc(N[C@@H]2C[C@H](O)[C@H]2n2cc(C)cn2)n1. The van der Waals surface area contributed by atoms with Gasteiger partial charge in [-0.2, -0.15) is 10.4 Å². The van der Waals surface area contributed by atoms with Gasteiger partial charge in [-0.3, -0.25) is 4.68 Å². The lowest BCUT2D eigenvalue weighted by molar-refractivity contribution is 0.0133. The van der Waals surface area contributed by atoms with Crippen LogP contribution in [-0.4, -0.2) is 37.0 Å². The number of hydrogen-bond donors (Lipinski definition) is 2. The Kier molecular flexibility index (Phi) is 3.77. The lowest BCUT2D eigenvalue weighted by Gasteiger charge is -2.42. The van der Waals surface area contributed by atoms with Crippen LogP contribution >= 0.6 is 0 Å². The van der Waals surface area contributed by atoms with Crippen molar-refractivity contribution in [3.05, 3.63) is 35.5 Å². The van der Waals surface area contributed by atoms with Crippen LogP contribution in [0.1, 0.15) is 36.5 Å². The molecule has 1 aliphatic rings. The van der Waals surface area contributed by atoms with Crippen LogP contribution in [0.4, 0.5) is 5.82 Å². The molecule has 2 heterocycles. The average Bonchev–Trinajstić information content (AvgIpc) is 2.91. The first-order valence-electron chi connectivity index (χ1n) is 7.34. The van der Waals surface area contributed by atoms with Gasteiger partial charge in [0.1, 0.15) is 23.4 Å². The van der Waals surface area contributed by atoms with Crippen molar-refractivity contribution in [2.75, 3.05) is 5.32 Å². The summed E-state index contributed by atoms with van der Waals surface area (Å²) in [5, 5.41) is 26.6. The van der Waals surface area contributed by atoms with Gasteiger partial charge in [0.15, 0.2) is 0 Å². The normalized spacial score (nSPS) is 23.6. The van der Waals surface area contributed by atoms with Crippen LogP contribution in [0, 0.1) is 18.3 Å². The maximum absolute atomic E-state index is 10.0. The Balaban J connectivity index is 1.80. The molecule has 3 atom stereocenters. The molecule has 7 nitrogen and oxygen atoms in total. The van der Waals surface area contributed by atoms with E-state index in [1.165, 1.54) is 0 Å². The Bertz CT molecular complexity index is 719. The number of anilines is 1. The number of nitrogens with zero attached hydrogens (tertiary/aromatic N) is 5. The van der Waals surface area contributed by atoms with E-state index >= 15 is 0 Å². The molecule has 2 aromatic heterocycles. The van der Waals surface area contributed by atoms with Crippen molar-refractivity contribution in [3.63, 3.8) is 0 Å². The molecule has 0 bridgehead atoms. The molecule has 2 N–H and O–H groups in total. The largest absolute Gasteiger partial charge is 0.391 e. The first-order chi connectivity index (χ1) is 10.6. The molecule has 0 aromatic carbocycles. The summed E-state index contributed by atoms with van der Waals surface area (Å²) in [5.41, 5.74) is 1.40. The summed E-state index contributed by atoms with van der Waals surface area (Å²) in [5.74, 6) is 1.25. The number of aromatic nitrogens is 4. The molecular formula is C15H18N6O. The Labute approximate surface area is 128 Å². The number of hydrogen-bond acceptors (Lipinski definition) is 6. The van der Waals surface area contributed by atoms with E-state index in [9.17, 15) is 5.11 Å². The molecule has 0 radical (unpaired) electrons. The minimum Gasteiger partial charge on any atom is -0.391 e. The van der Waals surface area contributed by atoms with Crippen molar-refractivity contribution in [1.29, 1.82) is 5.26 Å². The highest BCUT2D eigenvalue weighted by Gasteiger charge is 2.42. The first kappa shape index (κ1) is 14.5. The van der Waals surface area contributed by atoms with E-state index in [1.54, 1.807) is 16.9 Å². The van der Waals surface area contributed by atoms with Crippen LogP contribution in [0.2, 0.25) is 0 Å². The van der Waals surface area contributed by atoms with Crippen molar-refractivity contribution in [1.82, 2.24) is 19.7 Å². The maximum atomic E-state index is 10.0. The summed E-state index contributed by atoms with van der Waals surface area (Å²) in [6, 6.07) is 3.59. The predicted octanol–water partition coefficient (Wildman–Crippen LogP) is 1.20. The van der Waals surface area contributed by atoms with Crippen molar-refractivity contribution in [2.45, 2.75) is 44.9 Å². The minimum absolute atomic E-state index is 0.0282. The van der Waals surface area contributed by atoms with Gasteiger partial charge in [-0.25, -0.2) is 9.97 Å². The average molecular weight is 298 g/mol. The van der Waals surface area contributed by atoms with Crippen LogP contribution < -0.4 is 5.32 Å². The Hall–Kier alpha value is -2.46. The second-order valence-corrected chi connectivity index (χ2v) is 5.56. The first-order valence-corrected chi connectivity index (χ1v) is 7.34. The fourth-order valence-electron chi connectivity index (χ4n) is 2.69. The summed E-state index contributed by atoms with van der Waals surface area (Å²) < 4.78 is 1.79. The molecule has 0 spiro atoms. The molecule has 0 amide bonds. The zero-order chi connectivity index (χ0) is 15.7.